The first kappa shape index (κ1) is 5.69. The van der Waals surface area contributed by atoms with Crippen molar-refractivity contribution in [3.8, 4) is 0 Å². The maximum absolute atomic E-state index is 3.96. The Kier molecular flexibility index (Phi) is 1.08. The smallest absolute Gasteiger partial charge is 0.0211 e. The Hall–Kier alpha value is -0.0800. The average molecular weight is 125 g/mol. The van der Waals surface area contributed by atoms with Crippen molar-refractivity contribution in [2.24, 2.45) is 0 Å². The number of likely N-dealkylation sites (N-methyl/N-ethyl adjacent to an activating group) is 1. The standard InChI is InChI=1S/C7H13N2/c1-8-4-7-3-6(8)5-9(7)2/h6-7H,1,3-5H2,2H3/q-1/t6-,7-/m1/s1. The molecule has 0 N–H and O–H groups in total. The van der Waals surface area contributed by atoms with Crippen LogP contribution in [0.4, 0.5) is 0 Å². The summed E-state index contributed by atoms with van der Waals surface area (Å²) in [7, 11) is 6.17. The summed E-state index contributed by atoms with van der Waals surface area (Å²) in [6.45, 7) is 2.41. The van der Waals surface area contributed by atoms with Crippen LogP contribution < -0.4 is 0 Å². The van der Waals surface area contributed by atoms with Gasteiger partial charge in [0.15, 0.2) is 0 Å². The van der Waals surface area contributed by atoms with E-state index in [1.54, 1.807) is 0 Å². The SMILES string of the molecule is [CH2-]N1C[C@H]2C[C@@H]1CN2C. The third kappa shape index (κ3) is 0.700. The molecule has 0 amide bonds. The normalized spacial score (nSPS) is 44.7. The van der Waals surface area contributed by atoms with Gasteiger partial charge in [-0.05, 0) is 26.1 Å². The molecule has 2 nitrogen and oxygen atoms in total. The van der Waals surface area contributed by atoms with Crippen LogP contribution in [0.3, 0.4) is 0 Å². The van der Waals surface area contributed by atoms with Crippen LogP contribution >= 0.6 is 0 Å². The maximum Gasteiger partial charge on any atom is 0.0211 e. The van der Waals surface area contributed by atoms with E-state index < -0.39 is 0 Å². The zero-order valence-corrected chi connectivity index (χ0v) is 5.88. The number of piperazine rings is 1. The van der Waals surface area contributed by atoms with Crippen molar-refractivity contribution >= 4 is 0 Å². The molecule has 2 aliphatic rings. The summed E-state index contributed by atoms with van der Waals surface area (Å²) >= 11 is 0. The van der Waals surface area contributed by atoms with Gasteiger partial charge >= 0.3 is 0 Å². The monoisotopic (exact) mass is 125 g/mol. The molecule has 0 spiro atoms. The van der Waals surface area contributed by atoms with Crippen molar-refractivity contribution in [1.29, 1.82) is 0 Å². The number of likely N-dealkylation sites (tertiary alicyclic amines) is 2. The van der Waals surface area contributed by atoms with Crippen LogP contribution in [-0.2, 0) is 0 Å². The van der Waals surface area contributed by atoms with E-state index in [4.69, 9.17) is 0 Å². The molecule has 0 saturated carbocycles. The Morgan fingerprint density at radius 1 is 1.33 bits per heavy atom. The van der Waals surface area contributed by atoms with E-state index >= 15 is 0 Å². The predicted molar refractivity (Wildman–Crippen MR) is 36.9 cm³/mol. The highest BCUT2D eigenvalue weighted by atomic mass is 15.3. The molecule has 0 unspecified atom stereocenters. The van der Waals surface area contributed by atoms with E-state index in [9.17, 15) is 0 Å². The van der Waals surface area contributed by atoms with E-state index in [2.05, 4.69) is 23.9 Å². The van der Waals surface area contributed by atoms with Crippen LogP contribution in [0.15, 0.2) is 0 Å². The molecule has 52 valence electrons. The van der Waals surface area contributed by atoms with Crippen LogP contribution in [0.25, 0.3) is 0 Å². The number of hydrogen-bond donors (Lipinski definition) is 0. The molecule has 0 aromatic rings. The minimum absolute atomic E-state index is 0.764. The van der Waals surface area contributed by atoms with E-state index in [1.807, 2.05) is 0 Å². The summed E-state index contributed by atoms with van der Waals surface area (Å²) in [5.41, 5.74) is 0. The zero-order chi connectivity index (χ0) is 6.43. The fourth-order valence-corrected chi connectivity index (χ4v) is 1.95. The van der Waals surface area contributed by atoms with Gasteiger partial charge in [0.2, 0.25) is 0 Å². The molecular weight excluding hydrogens is 112 g/mol. The summed E-state index contributed by atoms with van der Waals surface area (Å²) in [6, 6.07) is 1.58. The van der Waals surface area contributed by atoms with Crippen LogP contribution in [0.1, 0.15) is 6.42 Å². The Morgan fingerprint density at radius 3 is 2.44 bits per heavy atom. The molecule has 2 bridgehead atoms. The van der Waals surface area contributed by atoms with E-state index in [0.29, 0.717) is 0 Å². The van der Waals surface area contributed by atoms with Gasteiger partial charge in [0, 0.05) is 12.6 Å². The molecule has 2 heteroatoms. The highest BCUT2D eigenvalue weighted by Crippen LogP contribution is 2.27. The van der Waals surface area contributed by atoms with Crippen molar-refractivity contribution < 1.29 is 0 Å². The largest absolute Gasteiger partial charge is 0.454 e. The molecule has 2 heterocycles. The lowest BCUT2D eigenvalue weighted by molar-refractivity contribution is 0.191. The van der Waals surface area contributed by atoms with Crippen molar-refractivity contribution in [2.75, 3.05) is 20.1 Å². The number of nitrogens with zero attached hydrogens (tertiary/aromatic N) is 2. The third-order valence-electron chi connectivity index (χ3n) is 2.63. The lowest BCUT2D eigenvalue weighted by Gasteiger charge is -2.34. The first-order valence-electron chi connectivity index (χ1n) is 3.55. The van der Waals surface area contributed by atoms with Crippen molar-refractivity contribution in [3.63, 3.8) is 0 Å². The number of rotatable bonds is 0. The Labute approximate surface area is 56.4 Å². The minimum atomic E-state index is 0.764. The molecule has 0 aliphatic carbocycles. The van der Waals surface area contributed by atoms with Crippen molar-refractivity contribution in [1.82, 2.24) is 9.80 Å². The quantitative estimate of drug-likeness (QED) is 0.426. The van der Waals surface area contributed by atoms with Crippen LogP contribution in [0.2, 0.25) is 0 Å². The molecule has 0 aromatic heterocycles. The number of fused-ring (bicyclic) bond motifs is 2. The number of hydrogen-bond acceptors (Lipinski definition) is 2. The van der Waals surface area contributed by atoms with Crippen molar-refractivity contribution in [3.05, 3.63) is 7.05 Å². The van der Waals surface area contributed by atoms with E-state index in [0.717, 1.165) is 12.1 Å². The molecule has 2 atom stereocenters. The first-order chi connectivity index (χ1) is 4.27. The summed E-state index contributed by atoms with van der Waals surface area (Å²) < 4.78 is 0. The molecule has 9 heavy (non-hydrogen) atoms. The summed E-state index contributed by atoms with van der Waals surface area (Å²) in [5, 5.41) is 0. The fraction of sp³-hybridized carbons (Fsp3) is 0.857. The Morgan fingerprint density at radius 2 is 2.11 bits per heavy atom. The zero-order valence-electron chi connectivity index (χ0n) is 5.88. The van der Waals surface area contributed by atoms with E-state index in [1.165, 1.54) is 19.5 Å². The van der Waals surface area contributed by atoms with Crippen LogP contribution in [-0.4, -0.2) is 42.0 Å². The minimum Gasteiger partial charge on any atom is -0.454 e. The summed E-state index contributed by atoms with van der Waals surface area (Å²) in [5.74, 6) is 0. The topological polar surface area (TPSA) is 6.48 Å². The third-order valence-corrected chi connectivity index (χ3v) is 2.63. The molecule has 2 rings (SSSR count). The Balaban J connectivity index is 2.10. The van der Waals surface area contributed by atoms with Gasteiger partial charge in [-0.15, -0.1) is 0 Å². The Bertz CT molecular complexity index is 106. The lowest BCUT2D eigenvalue weighted by atomic mass is 10.2. The van der Waals surface area contributed by atoms with Crippen LogP contribution in [0, 0.1) is 7.05 Å². The predicted octanol–water partition coefficient (Wildman–Crippen LogP) is 0.166. The fourth-order valence-electron chi connectivity index (χ4n) is 1.95. The lowest BCUT2D eigenvalue weighted by Crippen LogP contribution is -2.41. The average Bonchev–Trinajstić information content (AvgIpc) is 2.24. The van der Waals surface area contributed by atoms with Gasteiger partial charge in [0.05, 0.1) is 0 Å². The summed E-state index contributed by atoms with van der Waals surface area (Å²) in [6.07, 6.45) is 1.35. The molecule has 2 saturated heterocycles. The second-order valence-electron chi connectivity index (χ2n) is 3.25. The molecule has 0 aromatic carbocycles. The maximum atomic E-state index is 3.96. The van der Waals surface area contributed by atoms with Crippen molar-refractivity contribution in [2.45, 2.75) is 18.5 Å². The second kappa shape index (κ2) is 1.70. The van der Waals surface area contributed by atoms with Gasteiger partial charge in [0.1, 0.15) is 0 Å². The van der Waals surface area contributed by atoms with Gasteiger partial charge in [-0.1, -0.05) is 0 Å². The molecule has 0 radical (unpaired) electrons. The van der Waals surface area contributed by atoms with Gasteiger partial charge in [-0.3, -0.25) is 7.05 Å². The molecular formula is C7H13N2-. The summed E-state index contributed by atoms with van der Waals surface area (Å²) in [4.78, 5) is 4.66. The van der Waals surface area contributed by atoms with Gasteiger partial charge in [0.25, 0.3) is 0 Å². The van der Waals surface area contributed by atoms with Gasteiger partial charge in [-0.2, -0.15) is 0 Å². The highest BCUT2D eigenvalue weighted by Gasteiger charge is 2.35. The van der Waals surface area contributed by atoms with Gasteiger partial charge in [-0.25, -0.2) is 0 Å². The first-order valence-corrected chi connectivity index (χ1v) is 3.55. The molecule has 2 fully saturated rings. The second-order valence-corrected chi connectivity index (χ2v) is 3.25. The van der Waals surface area contributed by atoms with E-state index in [-0.39, 0.29) is 0 Å². The van der Waals surface area contributed by atoms with Gasteiger partial charge < -0.3 is 9.80 Å². The molecule has 2 aliphatic heterocycles. The highest BCUT2D eigenvalue weighted by molar-refractivity contribution is 4.97. The van der Waals surface area contributed by atoms with Crippen LogP contribution in [0.5, 0.6) is 0 Å².